The van der Waals surface area contributed by atoms with Crippen molar-refractivity contribution in [3.05, 3.63) is 81.9 Å². The number of allylic oxidation sites excluding steroid dienone is 2. The number of hydrogen-bond donors (Lipinski definition) is 2. The van der Waals surface area contributed by atoms with E-state index in [-0.39, 0.29) is 58.0 Å². The fraction of sp³-hybridized carbons (Fsp3) is 0.345. The number of carboxylic acids is 2. The summed E-state index contributed by atoms with van der Waals surface area (Å²) < 4.78 is 0. The smallest absolute Gasteiger partial charge is 0.335 e. The molecular weight excluding hydrogens is 456 g/mol. The number of nitriles is 2. The first-order chi connectivity index (χ1) is 17.3. The van der Waals surface area contributed by atoms with Crippen LogP contribution >= 0.6 is 0 Å². The minimum atomic E-state index is -1.01. The van der Waals surface area contributed by atoms with Gasteiger partial charge in [0.1, 0.15) is 17.7 Å². The summed E-state index contributed by atoms with van der Waals surface area (Å²) in [6.45, 7) is 0. The highest BCUT2D eigenvalue weighted by Gasteiger charge is 2.58. The zero-order chi connectivity index (χ0) is 25.6. The number of Topliss-reactive ketones (excluding diaryl/α,β-unsaturated/α-hetero) is 1. The van der Waals surface area contributed by atoms with Crippen LogP contribution in [-0.2, 0) is 4.79 Å². The van der Waals surface area contributed by atoms with Crippen molar-refractivity contribution in [1.82, 2.24) is 0 Å². The molecule has 180 valence electrons. The fourth-order valence-corrected chi connectivity index (χ4v) is 7.18. The number of aromatic carboxylic acids is 2. The van der Waals surface area contributed by atoms with Gasteiger partial charge in [-0.3, -0.25) is 4.79 Å². The Morgan fingerprint density at radius 2 is 1.17 bits per heavy atom. The first-order valence-electron chi connectivity index (χ1n) is 12.1. The minimum Gasteiger partial charge on any atom is -0.478 e. The quantitative estimate of drug-likeness (QED) is 0.467. The second-order valence-electron chi connectivity index (χ2n) is 9.97. The van der Waals surface area contributed by atoms with Gasteiger partial charge in [-0.2, -0.15) is 10.5 Å². The molecule has 3 aliphatic carbocycles. The van der Waals surface area contributed by atoms with Crippen LogP contribution in [0.25, 0.3) is 0 Å². The van der Waals surface area contributed by atoms with Gasteiger partial charge < -0.3 is 10.2 Å². The molecule has 0 amide bonds. The van der Waals surface area contributed by atoms with Crippen LogP contribution in [-0.4, -0.2) is 27.9 Å². The second-order valence-corrected chi connectivity index (χ2v) is 9.97. The van der Waals surface area contributed by atoms with Crippen molar-refractivity contribution < 1.29 is 24.6 Å². The molecule has 3 aliphatic rings. The summed E-state index contributed by atoms with van der Waals surface area (Å²) in [5, 5.41) is 38.3. The van der Waals surface area contributed by atoms with Gasteiger partial charge in [-0.25, -0.2) is 9.59 Å². The summed E-state index contributed by atoms with van der Waals surface area (Å²) in [6.07, 6.45) is 2.59. The molecule has 0 bridgehead atoms. The molecule has 5 rings (SSSR count). The molecule has 36 heavy (non-hydrogen) atoms. The van der Waals surface area contributed by atoms with E-state index in [1.807, 2.05) is 24.3 Å². The Bertz CT molecular complexity index is 1320. The number of ketones is 1. The van der Waals surface area contributed by atoms with E-state index in [9.17, 15) is 35.1 Å². The lowest BCUT2D eigenvalue weighted by atomic mass is 9.54. The summed E-state index contributed by atoms with van der Waals surface area (Å²) in [4.78, 5) is 36.9. The number of carbonyl (C=O) groups is 3. The average Bonchev–Trinajstić information content (AvgIpc) is 3.18. The number of carboxylic acid groups (broad SMARTS) is 2. The Morgan fingerprint density at radius 3 is 1.64 bits per heavy atom. The topological polar surface area (TPSA) is 139 Å². The molecule has 3 fully saturated rings. The van der Waals surface area contributed by atoms with Gasteiger partial charge in [-0.05, 0) is 90.7 Å². The summed E-state index contributed by atoms with van der Waals surface area (Å²) in [5.74, 6) is -2.84. The lowest BCUT2D eigenvalue weighted by molar-refractivity contribution is -0.120. The van der Waals surface area contributed by atoms with E-state index < -0.39 is 11.9 Å². The summed E-state index contributed by atoms with van der Waals surface area (Å²) in [7, 11) is 0. The number of rotatable bonds is 4. The Kier molecular flexibility index (Phi) is 5.94. The summed E-state index contributed by atoms with van der Waals surface area (Å²) in [6, 6.07) is 17.7. The molecule has 0 aliphatic heterocycles. The van der Waals surface area contributed by atoms with Gasteiger partial charge in [0, 0.05) is 11.5 Å². The van der Waals surface area contributed by atoms with E-state index >= 15 is 0 Å². The molecule has 7 nitrogen and oxygen atoms in total. The van der Waals surface area contributed by atoms with Crippen LogP contribution in [0.3, 0.4) is 0 Å². The molecule has 0 saturated heterocycles. The van der Waals surface area contributed by atoms with Gasteiger partial charge >= 0.3 is 11.9 Å². The summed E-state index contributed by atoms with van der Waals surface area (Å²) in [5.41, 5.74) is 2.44. The Balaban J connectivity index is 1.66. The highest BCUT2D eigenvalue weighted by molar-refractivity contribution is 6.02. The van der Waals surface area contributed by atoms with Gasteiger partial charge in [-0.15, -0.1) is 0 Å². The van der Waals surface area contributed by atoms with Crippen LogP contribution in [0.4, 0.5) is 0 Å². The molecule has 7 heteroatoms. The second kappa shape index (κ2) is 9.09. The average molecular weight is 481 g/mol. The van der Waals surface area contributed by atoms with E-state index in [2.05, 4.69) is 0 Å². The third-order valence-electron chi connectivity index (χ3n) is 8.47. The van der Waals surface area contributed by atoms with Crippen LogP contribution in [0.5, 0.6) is 0 Å². The minimum absolute atomic E-state index is 0.0356. The van der Waals surface area contributed by atoms with Crippen LogP contribution < -0.4 is 0 Å². The predicted octanol–water partition coefficient (Wildman–Crippen LogP) is 4.93. The third kappa shape index (κ3) is 3.69. The van der Waals surface area contributed by atoms with E-state index in [1.54, 1.807) is 36.4 Å². The van der Waals surface area contributed by atoms with Gasteiger partial charge in [0.05, 0.1) is 11.1 Å². The monoisotopic (exact) mass is 480 g/mol. The lowest BCUT2D eigenvalue weighted by Gasteiger charge is -2.49. The van der Waals surface area contributed by atoms with Gasteiger partial charge in [0.25, 0.3) is 0 Å². The normalized spacial score (nSPS) is 28.5. The maximum absolute atomic E-state index is 13.5. The molecule has 3 saturated carbocycles. The van der Waals surface area contributed by atoms with Crippen molar-refractivity contribution in [3.63, 3.8) is 0 Å². The van der Waals surface area contributed by atoms with Crippen LogP contribution in [0.1, 0.15) is 69.4 Å². The molecular formula is C29H24N2O5. The number of carbonyl (C=O) groups excluding carboxylic acids is 1. The van der Waals surface area contributed by atoms with Gasteiger partial charge in [0.2, 0.25) is 0 Å². The van der Waals surface area contributed by atoms with E-state index in [0.717, 1.165) is 11.1 Å². The van der Waals surface area contributed by atoms with Gasteiger partial charge in [0.15, 0.2) is 5.78 Å². The van der Waals surface area contributed by atoms with E-state index in [0.29, 0.717) is 31.3 Å². The van der Waals surface area contributed by atoms with Crippen molar-refractivity contribution >= 4 is 17.7 Å². The lowest BCUT2D eigenvalue weighted by Crippen LogP contribution is -2.41. The van der Waals surface area contributed by atoms with Crippen LogP contribution in [0.15, 0.2) is 59.7 Å². The molecule has 0 heterocycles. The molecule has 0 spiro atoms. The van der Waals surface area contributed by atoms with Crippen LogP contribution in [0.2, 0.25) is 0 Å². The largest absolute Gasteiger partial charge is 0.478 e. The van der Waals surface area contributed by atoms with E-state index in [1.165, 1.54) is 0 Å². The first-order valence-corrected chi connectivity index (χ1v) is 12.1. The van der Waals surface area contributed by atoms with Crippen LogP contribution in [0, 0.1) is 46.3 Å². The SMILES string of the molecule is N#CC(C#N)=C1C(=O)C2CCC(c3cccc(C(=O)O)c3)C3C(c4cccc(C(=O)O)c4)CCC1C23. The molecule has 0 radical (unpaired) electrons. The maximum atomic E-state index is 13.5. The first kappa shape index (κ1) is 23.5. The molecule has 2 aromatic rings. The van der Waals surface area contributed by atoms with Crippen molar-refractivity contribution in [2.45, 2.75) is 37.5 Å². The Labute approximate surface area is 208 Å². The third-order valence-corrected chi connectivity index (χ3v) is 8.47. The van der Waals surface area contributed by atoms with Crippen molar-refractivity contribution in [1.29, 1.82) is 10.5 Å². The molecule has 6 atom stereocenters. The number of nitrogens with zero attached hydrogens (tertiary/aromatic N) is 2. The fourth-order valence-electron chi connectivity index (χ4n) is 7.18. The Morgan fingerprint density at radius 1 is 0.722 bits per heavy atom. The maximum Gasteiger partial charge on any atom is 0.335 e. The summed E-state index contributed by atoms with van der Waals surface area (Å²) >= 11 is 0. The zero-order valence-corrected chi connectivity index (χ0v) is 19.4. The van der Waals surface area contributed by atoms with Crippen molar-refractivity contribution in [2.75, 3.05) is 0 Å². The molecule has 2 N–H and O–H groups in total. The zero-order valence-electron chi connectivity index (χ0n) is 19.4. The number of hydrogen-bond acceptors (Lipinski definition) is 5. The highest BCUT2D eigenvalue weighted by Crippen LogP contribution is 2.63. The standard InChI is InChI=1S/C29H24N2O5/c30-13-19(14-31)24-22-9-7-20(15-3-1-5-17(11-15)28(33)34)25-21(8-10-23(26(22)25)27(24)32)16-4-2-6-18(12-16)29(35)36/h1-6,11-12,20-23,25-26H,7-10H2,(H,33,34)(H,35,36). The van der Waals surface area contributed by atoms with Crippen molar-refractivity contribution in [2.24, 2.45) is 23.7 Å². The predicted molar refractivity (Wildman–Crippen MR) is 128 cm³/mol. The highest BCUT2D eigenvalue weighted by atomic mass is 16.4. The van der Waals surface area contributed by atoms with Crippen molar-refractivity contribution in [3.8, 4) is 12.1 Å². The van der Waals surface area contributed by atoms with E-state index in [4.69, 9.17) is 0 Å². The van der Waals surface area contributed by atoms with Gasteiger partial charge in [-0.1, -0.05) is 24.3 Å². The number of benzene rings is 2. The molecule has 0 aromatic heterocycles. The molecule has 6 unspecified atom stereocenters. The Hall–Kier alpha value is -4.23. The molecule has 2 aromatic carbocycles.